The van der Waals surface area contributed by atoms with Gasteiger partial charge in [-0.25, -0.2) is 8.42 Å². The molecule has 312 valence electrons. The van der Waals surface area contributed by atoms with E-state index < -0.39 is 9.84 Å². The third-order valence-electron chi connectivity index (χ3n) is 9.92. The number of ether oxygens (including phenoxy) is 2. The minimum absolute atomic E-state index is 0.117. The van der Waals surface area contributed by atoms with Crippen LogP contribution in [-0.4, -0.2) is 76.4 Å². The van der Waals surface area contributed by atoms with Gasteiger partial charge in [-0.1, -0.05) is 75.7 Å². The summed E-state index contributed by atoms with van der Waals surface area (Å²) in [5, 5.41) is 5.80. The molecule has 59 heavy (non-hydrogen) atoms. The molecule has 15 heteroatoms. The van der Waals surface area contributed by atoms with Gasteiger partial charge < -0.3 is 29.9 Å². The highest BCUT2D eigenvalue weighted by Crippen LogP contribution is 2.30. The summed E-state index contributed by atoms with van der Waals surface area (Å²) in [7, 11) is -3.81. The predicted octanol–water partition coefficient (Wildman–Crippen LogP) is 9.97. The maximum atomic E-state index is 13.4. The van der Waals surface area contributed by atoms with Crippen molar-refractivity contribution in [1.29, 1.82) is 0 Å². The van der Waals surface area contributed by atoms with Gasteiger partial charge in [0.25, 0.3) is 0 Å². The molecule has 0 aliphatic carbocycles. The van der Waals surface area contributed by atoms with Gasteiger partial charge in [-0.15, -0.1) is 0 Å². The van der Waals surface area contributed by atoms with Gasteiger partial charge in [-0.05, 0) is 134 Å². The molecule has 4 aromatic carbocycles. The van der Waals surface area contributed by atoms with Crippen LogP contribution in [0.3, 0.4) is 0 Å². The number of piperidine rings is 2. The molecule has 0 unspecified atom stereocenters. The summed E-state index contributed by atoms with van der Waals surface area (Å²) < 4.78 is 40.3. The molecular weight excluding hydrogens is 841 g/mol. The molecule has 0 spiro atoms. The zero-order valence-electron chi connectivity index (χ0n) is 33.6. The number of anilines is 2. The molecule has 4 atom stereocenters. The first-order valence-electron chi connectivity index (χ1n) is 19.6. The Morgan fingerprint density at radius 3 is 1.15 bits per heavy atom. The van der Waals surface area contributed by atoms with E-state index >= 15 is 0 Å². The van der Waals surface area contributed by atoms with E-state index in [-0.39, 0.29) is 33.1 Å². The number of thiocarbonyl (C=S) groups is 2. The van der Waals surface area contributed by atoms with Crippen molar-refractivity contribution in [3.05, 3.63) is 97.1 Å². The first-order valence-corrected chi connectivity index (χ1v) is 23.9. The van der Waals surface area contributed by atoms with E-state index in [1.54, 1.807) is 72.8 Å². The van der Waals surface area contributed by atoms with E-state index in [0.29, 0.717) is 58.0 Å². The van der Waals surface area contributed by atoms with Gasteiger partial charge in [0, 0.05) is 37.6 Å². The molecule has 2 heterocycles. The number of carbonyl (C=O) groups is 2. The highest BCUT2D eigenvalue weighted by atomic mass is 32.2. The third-order valence-corrected chi connectivity index (χ3v) is 14.8. The minimum Gasteiger partial charge on any atom is -0.457 e. The lowest BCUT2D eigenvalue weighted by molar-refractivity contribution is -0.114. The number of hydrogen-bond donors (Lipinski definition) is 2. The summed E-state index contributed by atoms with van der Waals surface area (Å²) in [4.78, 5) is 29.9. The van der Waals surface area contributed by atoms with Crippen LogP contribution >= 0.6 is 48.0 Å². The highest BCUT2D eigenvalue weighted by molar-refractivity contribution is 8.23. The Morgan fingerprint density at radius 1 is 0.559 bits per heavy atom. The Hall–Kier alpha value is -4.15. The van der Waals surface area contributed by atoms with Crippen LogP contribution < -0.4 is 20.1 Å². The van der Waals surface area contributed by atoms with E-state index in [1.165, 1.54) is 60.6 Å². The van der Waals surface area contributed by atoms with Crippen LogP contribution in [0.25, 0.3) is 0 Å². The first kappa shape index (κ1) is 44.4. The molecule has 2 aliphatic heterocycles. The number of nitrogens with one attached hydrogen (secondary N) is 2. The van der Waals surface area contributed by atoms with E-state index in [9.17, 15) is 18.0 Å². The fourth-order valence-electron chi connectivity index (χ4n) is 7.45. The van der Waals surface area contributed by atoms with Crippen molar-refractivity contribution in [2.75, 3.05) is 48.3 Å². The number of nitrogens with zero attached hydrogens (tertiary/aromatic N) is 2. The fraction of sp³-hybridized carbons (Fsp3) is 0.364. The molecule has 0 saturated carbocycles. The van der Waals surface area contributed by atoms with Crippen molar-refractivity contribution in [2.45, 2.75) is 50.3 Å². The van der Waals surface area contributed by atoms with E-state index in [1.807, 2.05) is 0 Å². The largest absolute Gasteiger partial charge is 0.457 e. The molecular formula is C44H50N4O6S5. The maximum absolute atomic E-state index is 13.4. The highest BCUT2D eigenvalue weighted by Gasteiger charge is 2.25. The Labute approximate surface area is 367 Å². The van der Waals surface area contributed by atoms with Crippen LogP contribution in [0.4, 0.5) is 11.4 Å². The average molecular weight is 891 g/mol. The van der Waals surface area contributed by atoms with Crippen LogP contribution in [0.5, 0.6) is 23.0 Å². The predicted molar refractivity (Wildman–Crippen MR) is 248 cm³/mol. The first-order chi connectivity index (χ1) is 28.2. The monoisotopic (exact) mass is 890 g/mol. The standard InChI is InChI=1S/C44H50N4O6S5/c1-29-21-30(2)24-47(23-29)43(55)57-27-41(49)45-33-5-9-35(10-6-33)53-37-13-17-39(18-14-37)59(51,52)40-19-15-38(16-20-40)54-36-11-7-34(8-12-36)46-42(50)28-58-44(56)48-25-31(3)22-32(4)26-48/h5-20,29-32H,21-28H2,1-4H3,(H,45,49)(H,46,50)/t29-,30-,31-,32+/m1/s1. The number of carbonyl (C=O) groups excluding carboxylic acids is 2. The summed E-state index contributed by atoms with van der Waals surface area (Å²) >= 11 is 14.0. The number of hydrogen-bond acceptors (Lipinski definition) is 10. The second kappa shape index (κ2) is 20.4. The van der Waals surface area contributed by atoms with Crippen LogP contribution in [0.15, 0.2) is 107 Å². The van der Waals surface area contributed by atoms with Gasteiger partial charge in [0.15, 0.2) is 0 Å². The lowest BCUT2D eigenvalue weighted by Gasteiger charge is -2.36. The molecule has 4 aromatic rings. The Bertz CT molecular complexity index is 2030. The van der Waals surface area contributed by atoms with Crippen molar-refractivity contribution < 1.29 is 27.5 Å². The summed E-state index contributed by atoms with van der Waals surface area (Å²) in [5.41, 5.74) is 1.27. The number of sulfone groups is 1. The van der Waals surface area contributed by atoms with Crippen molar-refractivity contribution in [1.82, 2.24) is 9.80 Å². The molecule has 2 saturated heterocycles. The summed E-state index contributed by atoms with van der Waals surface area (Å²) in [6.45, 7) is 12.7. The quantitative estimate of drug-likeness (QED) is 0.132. The molecule has 6 rings (SSSR count). The summed E-state index contributed by atoms with van der Waals surface area (Å²) in [6.07, 6.45) is 2.39. The Balaban J connectivity index is 0.937. The van der Waals surface area contributed by atoms with Gasteiger partial charge >= 0.3 is 0 Å². The molecule has 0 aromatic heterocycles. The van der Waals surface area contributed by atoms with E-state index in [0.717, 1.165) is 34.8 Å². The van der Waals surface area contributed by atoms with Crippen LogP contribution in [0.1, 0.15) is 40.5 Å². The van der Waals surface area contributed by atoms with Gasteiger partial charge in [0.05, 0.1) is 21.3 Å². The molecule has 2 aliphatic rings. The minimum atomic E-state index is -3.81. The number of likely N-dealkylation sites (tertiary alicyclic amines) is 2. The van der Waals surface area contributed by atoms with Crippen LogP contribution in [0, 0.1) is 23.7 Å². The lowest BCUT2D eigenvalue weighted by atomic mass is 9.92. The van der Waals surface area contributed by atoms with Crippen molar-refractivity contribution in [3.8, 4) is 23.0 Å². The van der Waals surface area contributed by atoms with Gasteiger partial charge in [-0.2, -0.15) is 0 Å². The van der Waals surface area contributed by atoms with Gasteiger partial charge in [-0.3, -0.25) is 9.59 Å². The van der Waals surface area contributed by atoms with Gasteiger partial charge in [0.2, 0.25) is 21.7 Å². The number of amides is 2. The van der Waals surface area contributed by atoms with Crippen molar-refractivity contribution >= 4 is 89.6 Å². The molecule has 0 bridgehead atoms. The van der Waals surface area contributed by atoms with Crippen LogP contribution in [0.2, 0.25) is 0 Å². The Kier molecular flexibility index (Phi) is 15.4. The van der Waals surface area contributed by atoms with Gasteiger partial charge in [0.1, 0.15) is 31.6 Å². The summed E-state index contributed by atoms with van der Waals surface area (Å²) in [5.74, 6) is 4.52. The lowest BCUT2D eigenvalue weighted by Crippen LogP contribution is -2.41. The maximum Gasteiger partial charge on any atom is 0.234 e. The second-order valence-corrected chi connectivity index (χ2v) is 20.8. The van der Waals surface area contributed by atoms with E-state index in [4.69, 9.17) is 33.9 Å². The number of thioether (sulfide) groups is 2. The zero-order chi connectivity index (χ0) is 42.1. The summed E-state index contributed by atoms with van der Waals surface area (Å²) in [6, 6.07) is 26.3. The number of benzene rings is 4. The smallest absolute Gasteiger partial charge is 0.234 e. The molecule has 0 radical (unpaired) electrons. The van der Waals surface area contributed by atoms with Crippen molar-refractivity contribution in [2.24, 2.45) is 23.7 Å². The Morgan fingerprint density at radius 2 is 0.847 bits per heavy atom. The SMILES string of the molecule is C[C@@H]1C[C@@H](C)CN(C(=S)SCC(=O)Nc2ccc(Oc3ccc(S(=O)(=O)c4ccc(Oc5ccc(NC(=O)CSC(=S)N6C[C@H](C)C[C@H](C)C6)cc5)cc4)cc3)cc2)C1. The zero-order valence-corrected chi connectivity index (χ0v) is 37.7. The fourth-order valence-corrected chi connectivity index (χ4v) is 10.7. The molecule has 2 fully saturated rings. The van der Waals surface area contributed by atoms with Crippen molar-refractivity contribution in [3.63, 3.8) is 0 Å². The molecule has 2 N–H and O–H groups in total. The van der Waals surface area contributed by atoms with Crippen LogP contribution in [-0.2, 0) is 19.4 Å². The number of rotatable bonds is 12. The topological polar surface area (TPSA) is 117 Å². The third kappa shape index (κ3) is 12.9. The van der Waals surface area contributed by atoms with E-state index in [2.05, 4.69) is 48.1 Å². The normalized spacial score (nSPS) is 19.4. The molecule has 10 nitrogen and oxygen atoms in total. The average Bonchev–Trinajstić information content (AvgIpc) is 3.20. The molecule has 2 amide bonds. The second-order valence-electron chi connectivity index (χ2n) is 15.6.